The van der Waals surface area contributed by atoms with Crippen molar-refractivity contribution in [1.82, 2.24) is 15.2 Å². The highest BCUT2D eigenvalue weighted by atomic mass is 35.5. The van der Waals surface area contributed by atoms with Gasteiger partial charge in [-0.3, -0.25) is 9.69 Å². The number of halogens is 1. The number of aromatic nitrogens is 1. The van der Waals surface area contributed by atoms with Gasteiger partial charge in [0.2, 0.25) is 0 Å². The summed E-state index contributed by atoms with van der Waals surface area (Å²) in [6.07, 6.45) is 0.112. The fourth-order valence-electron chi connectivity index (χ4n) is 3.81. The summed E-state index contributed by atoms with van der Waals surface area (Å²) in [6, 6.07) is 11.1. The van der Waals surface area contributed by atoms with E-state index < -0.39 is 0 Å². The van der Waals surface area contributed by atoms with E-state index in [-0.39, 0.29) is 12.0 Å². The average Bonchev–Trinajstić information content (AvgIpc) is 3.24. The summed E-state index contributed by atoms with van der Waals surface area (Å²) in [5, 5.41) is 4.58. The number of hydrogen-bond donors (Lipinski definition) is 1. The van der Waals surface area contributed by atoms with E-state index in [0.717, 1.165) is 53.8 Å². The van der Waals surface area contributed by atoms with Crippen molar-refractivity contribution in [3.63, 3.8) is 0 Å². The van der Waals surface area contributed by atoms with Crippen LogP contribution in [0.25, 0.3) is 10.2 Å². The number of anilines is 1. The maximum absolute atomic E-state index is 12.4. The number of ether oxygens (including phenoxy) is 2. The first kappa shape index (κ1) is 23.6. The predicted molar refractivity (Wildman–Crippen MR) is 134 cm³/mol. The third kappa shape index (κ3) is 5.69. The summed E-state index contributed by atoms with van der Waals surface area (Å²) in [5.41, 5.74) is 1.46. The molecule has 0 atom stereocenters. The molecule has 2 heterocycles. The standard InChI is InChI=1S/C24H29ClN4O3S/c1-16(2)32-18-6-4-17(5-7-18)23(30)26-10-11-28-12-14-29(15-13-28)24-27-21-20(33-24)9-8-19(25)22(21)31-3/h4-9,16H,10-15H2,1-3H3,(H,26,30). The van der Waals surface area contributed by atoms with Crippen molar-refractivity contribution in [3.05, 3.63) is 47.0 Å². The number of nitrogens with one attached hydrogen (secondary N) is 1. The topological polar surface area (TPSA) is 66.9 Å². The molecule has 3 aromatic rings. The van der Waals surface area contributed by atoms with E-state index >= 15 is 0 Å². The van der Waals surface area contributed by atoms with E-state index in [4.69, 9.17) is 26.1 Å². The second-order valence-corrected chi connectivity index (χ2v) is 9.62. The highest BCUT2D eigenvalue weighted by Gasteiger charge is 2.21. The van der Waals surface area contributed by atoms with E-state index in [1.807, 2.05) is 38.1 Å². The molecule has 0 saturated carbocycles. The maximum Gasteiger partial charge on any atom is 0.251 e. The highest BCUT2D eigenvalue weighted by Crippen LogP contribution is 2.38. The number of methoxy groups -OCH3 is 1. The van der Waals surface area contributed by atoms with E-state index in [1.54, 1.807) is 30.6 Å². The molecule has 2 aromatic carbocycles. The largest absolute Gasteiger partial charge is 0.493 e. The summed E-state index contributed by atoms with van der Waals surface area (Å²) < 4.78 is 12.1. The van der Waals surface area contributed by atoms with Gasteiger partial charge in [0.15, 0.2) is 10.9 Å². The van der Waals surface area contributed by atoms with Crippen LogP contribution in [-0.2, 0) is 0 Å². The SMILES string of the molecule is COc1c(Cl)ccc2sc(N3CCN(CCNC(=O)c4ccc(OC(C)C)cc4)CC3)nc12. The van der Waals surface area contributed by atoms with Gasteiger partial charge >= 0.3 is 0 Å². The Morgan fingerprint density at radius 3 is 2.55 bits per heavy atom. The van der Waals surface area contributed by atoms with Crippen molar-refractivity contribution < 1.29 is 14.3 Å². The first-order chi connectivity index (χ1) is 15.9. The van der Waals surface area contributed by atoms with Gasteiger partial charge in [0.25, 0.3) is 5.91 Å². The summed E-state index contributed by atoms with van der Waals surface area (Å²) in [5.74, 6) is 1.34. The third-order valence-electron chi connectivity index (χ3n) is 5.50. The number of nitrogens with zero attached hydrogens (tertiary/aromatic N) is 3. The molecular formula is C24H29ClN4O3S. The van der Waals surface area contributed by atoms with Crippen LogP contribution < -0.4 is 19.7 Å². The van der Waals surface area contributed by atoms with Crippen molar-refractivity contribution in [2.75, 3.05) is 51.3 Å². The lowest BCUT2D eigenvalue weighted by molar-refractivity contribution is 0.0947. The number of rotatable bonds is 8. The van der Waals surface area contributed by atoms with Crippen LogP contribution in [0.5, 0.6) is 11.5 Å². The molecule has 0 spiro atoms. The normalized spacial score (nSPS) is 14.6. The molecular weight excluding hydrogens is 460 g/mol. The van der Waals surface area contributed by atoms with Gasteiger partial charge in [-0.15, -0.1) is 0 Å². The van der Waals surface area contributed by atoms with Crippen molar-refractivity contribution in [2.45, 2.75) is 20.0 Å². The molecule has 0 aliphatic carbocycles. The molecule has 1 fully saturated rings. The first-order valence-electron chi connectivity index (χ1n) is 11.1. The fraction of sp³-hybridized carbons (Fsp3) is 0.417. The number of amides is 1. The Bertz CT molecular complexity index is 1100. The molecule has 1 aliphatic rings. The number of carbonyl (C=O) groups excluding carboxylic acids is 1. The Hall–Kier alpha value is -2.55. The third-order valence-corrected chi connectivity index (χ3v) is 6.88. The zero-order valence-corrected chi connectivity index (χ0v) is 20.7. The number of benzene rings is 2. The van der Waals surface area contributed by atoms with E-state index in [0.29, 0.717) is 22.9 Å². The highest BCUT2D eigenvalue weighted by molar-refractivity contribution is 7.22. The Kier molecular flexibility index (Phi) is 7.57. The molecule has 1 aromatic heterocycles. The van der Waals surface area contributed by atoms with Gasteiger partial charge in [0.05, 0.1) is 22.9 Å². The molecule has 1 N–H and O–H groups in total. The number of carbonyl (C=O) groups is 1. The zero-order chi connectivity index (χ0) is 23.4. The minimum absolute atomic E-state index is 0.0631. The summed E-state index contributed by atoms with van der Waals surface area (Å²) in [7, 11) is 1.62. The van der Waals surface area contributed by atoms with E-state index in [1.165, 1.54) is 0 Å². The average molecular weight is 489 g/mol. The number of piperazine rings is 1. The van der Waals surface area contributed by atoms with Crippen LogP contribution in [0.3, 0.4) is 0 Å². The van der Waals surface area contributed by atoms with Gasteiger partial charge in [-0.1, -0.05) is 22.9 Å². The second kappa shape index (κ2) is 10.6. The van der Waals surface area contributed by atoms with Gasteiger partial charge in [0.1, 0.15) is 11.3 Å². The smallest absolute Gasteiger partial charge is 0.251 e. The van der Waals surface area contributed by atoms with Crippen LogP contribution in [0.1, 0.15) is 24.2 Å². The van der Waals surface area contributed by atoms with Crippen molar-refractivity contribution in [3.8, 4) is 11.5 Å². The van der Waals surface area contributed by atoms with Gasteiger partial charge < -0.3 is 19.7 Å². The fourth-order valence-corrected chi connectivity index (χ4v) is 5.06. The molecule has 9 heteroatoms. The lowest BCUT2D eigenvalue weighted by Gasteiger charge is -2.34. The maximum atomic E-state index is 12.4. The zero-order valence-electron chi connectivity index (χ0n) is 19.1. The lowest BCUT2D eigenvalue weighted by Crippen LogP contribution is -2.48. The molecule has 0 unspecified atom stereocenters. The summed E-state index contributed by atoms with van der Waals surface area (Å²) in [6.45, 7) is 9.01. The Morgan fingerprint density at radius 2 is 1.88 bits per heavy atom. The molecule has 33 heavy (non-hydrogen) atoms. The van der Waals surface area contributed by atoms with Gasteiger partial charge in [-0.25, -0.2) is 4.98 Å². The minimum Gasteiger partial charge on any atom is -0.493 e. The molecule has 0 radical (unpaired) electrons. The van der Waals surface area contributed by atoms with Crippen LogP contribution in [0.15, 0.2) is 36.4 Å². The molecule has 0 bridgehead atoms. The Balaban J connectivity index is 1.24. The van der Waals surface area contributed by atoms with Crippen LogP contribution in [0.2, 0.25) is 5.02 Å². The molecule has 176 valence electrons. The second-order valence-electron chi connectivity index (χ2n) is 8.20. The van der Waals surface area contributed by atoms with Crippen LogP contribution >= 0.6 is 22.9 Å². The molecule has 1 saturated heterocycles. The molecule has 1 aliphatic heterocycles. The van der Waals surface area contributed by atoms with Crippen molar-refractivity contribution >= 4 is 44.2 Å². The summed E-state index contributed by atoms with van der Waals surface area (Å²) >= 11 is 7.89. The summed E-state index contributed by atoms with van der Waals surface area (Å²) in [4.78, 5) is 21.9. The van der Waals surface area contributed by atoms with Gasteiger partial charge in [-0.2, -0.15) is 0 Å². The van der Waals surface area contributed by atoms with Crippen molar-refractivity contribution in [1.29, 1.82) is 0 Å². The number of thiazole rings is 1. The van der Waals surface area contributed by atoms with Gasteiger partial charge in [-0.05, 0) is 50.2 Å². The van der Waals surface area contributed by atoms with Gasteiger partial charge in [0, 0.05) is 44.8 Å². The van der Waals surface area contributed by atoms with Crippen LogP contribution in [0, 0.1) is 0 Å². The predicted octanol–water partition coefficient (Wildman–Crippen LogP) is 4.30. The van der Waals surface area contributed by atoms with Crippen LogP contribution in [-0.4, -0.2) is 68.3 Å². The first-order valence-corrected chi connectivity index (χ1v) is 12.3. The Labute approximate surface area is 203 Å². The lowest BCUT2D eigenvalue weighted by atomic mass is 10.2. The Morgan fingerprint density at radius 1 is 1.15 bits per heavy atom. The molecule has 1 amide bonds. The number of fused-ring (bicyclic) bond motifs is 1. The van der Waals surface area contributed by atoms with E-state index in [2.05, 4.69) is 15.1 Å². The minimum atomic E-state index is -0.0631. The molecule has 4 rings (SSSR count). The van der Waals surface area contributed by atoms with Crippen molar-refractivity contribution in [2.24, 2.45) is 0 Å². The molecule has 7 nitrogen and oxygen atoms in total. The monoisotopic (exact) mass is 488 g/mol. The number of hydrogen-bond acceptors (Lipinski definition) is 7. The van der Waals surface area contributed by atoms with E-state index in [9.17, 15) is 4.79 Å². The van der Waals surface area contributed by atoms with Crippen LogP contribution in [0.4, 0.5) is 5.13 Å². The quantitative estimate of drug-likeness (QED) is 0.510.